The number of hydrogen-bond donors (Lipinski definition) is 1. The highest BCUT2D eigenvalue weighted by molar-refractivity contribution is 7.13. The van der Waals surface area contributed by atoms with Gasteiger partial charge in [-0.15, -0.1) is 11.3 Å². The molecule has 164 valence electrons. The number of ether oxygens (including phenoxy) is 1. The smallest absolute Gasteiger partial charge is 0.253 e. The van der Waals surface area contributed by atoms with Gasteiger partial charge in [-0.05, 0) is 32.3 Å². The summed E-state index contributed by atoms with van der Waals surface area (Å²) >= 11 is 1.53. The Hall–Kier alpha value is -2.58. The van der Waals surface area contributed by atoms with Crippen LogP contribution in [0.3, 0.4) is 0 Å². The van der Waals surface area contributed by atoms with Crippen LogP contribution in [0.25, 0.3) is 22.1 Å². The molecule has 1 aliphatic rings. The molecule has 0 saturated heterocycles. The molecule has 0 unspecified atom stereocenters. The molecule has 1 aliphatic carbocycles. The van der Waals surface area contributed by atoms with E-state index in [9.17, 15) is 4.79 Å². The van der Waals surface area contributed by atoms with E-state index in [2.05, 4.69) is 19.9 Å². The summed E-state index contributed by atoms with van der Waals surface area (Å²) in [5.74, 6) is 0.0144. The van der Waals surface area contributed by atoms with E-state index >= 15 is 0 Å². The summed E-state index contributed by atoms with van der Waals surface area (Å²) in [6.45, 7) is 3.45. The second-order valence-corrected chi connectivity index (χ2v) is 8.82. The number of nitrogens with one attached hydrogen (secondary N) is 1. The van der Waals surface area contributed by atoms with Crippen molar-refractivity contribution in [2.45, 2.75) is 58.0 Å². The Morgan fingerprint density at radius 2 is 2.10 bits per heavy atom. The number of aromatic nitrogens is 4. The maximum Gasteiger partial charge on any atom is 0.253 e. The van der Waals surface area contributed by atoms with E-state index in [1.807, 2.05) is 18.4 Å². The van der Waals surface area contributed by atoms with Crippen molar-refractivity contribution >= 4 is 17.2 Å². The van der Waals surface area contributed by atoms with Crippen LogP contribution in [0, 0.1) is 6.92 Å². The van der Waals surface area contributed by atoms with Crippen molar-refractivity contribution in [2.75, 3.05) is 13.7 Å². The van der Waals surface area contributed by atoms with Crippen molar-refractivity contribution in [2.24, 2.45) is 0 Å². The highest BCUT2D eigenvalue weighted by Crippen LogP contribution is 2.31. The van der Waals surface area contributed by atoms with E-state index in [4.69, 9.17) is 9.72 Å². The molecular formula is C23H29N5O2S. The fourth-order valence-corrected chi connectivity index (χ4v) is 4.94. The summed E-state index contributed by atoms with van der Waals surface area (Å²) in [6, 6.07) is 2.26. The lowest BCUT2D eigenvalue weighted by Gasteiger charge is -2.22. The number of hydrogen-bond acceptors (Lipinski definition) is 6. The fourth-order valence-electron chi connectivity index (χ4n) is 4.17. The van der Waals surface area contributed by atoms with Crippen LogP contribution in [0.1, 0.15) is 54.6 Å². The van der Waals surface area contributed by atoms with Gasteiger partial charge in [0.1, 0.15) is 10.7 Å². The molecule has 3 heterocycles. The molecule has 1 N–H and O–H groups in total. The Morgan fingerprint density at radius 3 is 2.84 bits per heavy atom. The van der Waals surface area contributed by atoms with Gasteiger partial charge in [-0.3, -0.25) is 14.8 Å². The zero-order chi connectivity index (χ0) is 21.6. The second-order valence-electron chi connectivity index (χ2n) is 7.96. The summed E-state index contributed by atoms with van der Waals surface area (Å²) < 4.78 is 7.43. The van der Waals surface area contributed by atoms with Gasteiger partial charge in [0.15, 0.2) is 0 Å². The molecule has 3 aromatic rings. The molecule has 3 aromatic heterocycles. The number of thiazole rings is 1. The minimum Gasteiger partial charge on any atom is -0.385 e. The van der Waals surface area contributed by atoms with Crippen LogP contribution in [0.4, 0.5) is 0 Å². The predicted molar refractivity (Wildman–Crippen MR) is 122 cm³/mol. The molecule has 4 rings (SSSR count). The van der Waals surface area contributed by atoms with Crippen LogP contribution in [-0.4, -0.2) is 45.2 Å². The second kappa shape index (κ2) is 10.2. The van der Waals surface area contributed by atoms with Gasteiger partial charge in [-0.2, -0.15) is 0 Å². The van der Waals surface area contributed by atoms with E-state index < -0.39 is 0 Å². The minimum absolute atomic E-state index is 0.0144. The van der Waals surface area contributed by atoms with Gasteiger partial charge >= 0.3 is 0 Å². The molecule has 31 heavy (non-hydrogen) atoms. The van der Waals surface area contributed by atoms with Crippen molar-refractivity contribution in [3.05, 3.63) is 41.3 Å². The highest BCUT2D eigenvalue weighted by Gasteiger charge is 2.23. The zero-order valence-corrected chi connectivity index (χ0v) is 19.0. The lowest BCUT2D eigenvalue weighted by Crippen LogP contribution is -2.36. The molecule has 8 heteroatoms. The van der Waals surface area contributed by atoms with Gasteiger partial charge in [0.25, 0.3) is 5.91 Å². The summed E-state index contributed by atoms with van der Waals surface area (Å²) in [7, 11) is 1.71. The third-order valence-electron chi connectivity index (χ3n) is 5.83. The van der Waals surface area contributed by atoms with E-state index in [0.717, 1.165) is 59.2 Å². The Morgan fingerprint density at radius 1 is 1.26 bits per heavy atom. The van der Waals surface area contributed by atoms with Crippen LogP contribution in [0.15, 0.2) is 30.0 Å². The van der Waals surface area contributed by atoms with Crippen molar-refractivity contribution in [1.82, 2.24) is 24.8 Å². The van der Waals surface area contributed by atoms with Crippen LogP contribution < -0.4 is 5.32 Å². The fraction of sp³-hybridized carbons (Fsp3) is 0.478. The Balaban J connectivity index is 1.63. The predicted octanol–water partition coefficient (Wildman–Crippen LogP) is 4.48. The SMILES string of the molecule is COCCCn1c(-c2csc(-c3cnccn3)n2)cc(C(=O)NC2CCCCC2)c1C. The molecule has 0 aromatic carbocycles. The topological polar surface area (TPSA) is 81.9 Å². The zero-order valence-electron chi connectivity index (χ0n) is 18.1. The van der Waals surface area contributed by atoms with Crippen molar-refractivity contribution in [3.8, 4) is 22.1 Å². The molecule has 1 saturated carbocycles. The standard InChI is InChI=1S/C23H29N5O2S/c1-16-18(22(29)26-17-7-4-3-5-8-17)13-21(28(16)11-6-12-30-2)20-15-31-23(27-20)19-14-24-9-10-25-19/h9-10,13-15,17H,3-8,11-12H2,1-2H3,(H,26,29). The van der Waals surface area contributed by atoms with E-state index in [1.54, 1.807) is 25.7 Å². The third-order valence-corrected chi connectivity index (χ3v) is 6.70. The molecular weight excluding hydrogens is 410 g/mol. The summed E-state index contributed by atoms with van der Waals surface area (Å²) in [4.78, 5) is 26.4. The summed E-state index contributed by atoms with van der Waals surface area (Å²) in [5, 5.41) is 6.09. The number of rotatable bonds is 8. The molecule has 0 aliphatic heterocycles. The van der Waals surface area contributed by atoms with E-state index in [0.29, 0.717) is 6.61 Å². The normalized spacial score (nSPS) is 14.6. The lowest BCUT2D eigenvalue weighted by molar-refractivity contribution is 0.0927. The van der Waals surface area contributed by atoms with E-state index in [1.165, 1.54) is 30.6 Å². The Kier molecular flexibility index (Phi) is 7.09. The maximum absolute atomic E-state index is 13.1. The summed E-state index contributed by atoms with van der Waals surface area (Å²) in [6.07, 6.45) is 11.7. The number of carbonyl (C=O) groups excluding carboxylic acids is 1. The van der Waals surface area contributed by atoms with Gasteiger partial charge in [0, 0.05) is 49.8 Å². The van der Waals surface area contributed by atoms with Gasteiger partial charge in [-0.25, -0.2) is 4.98 Å². The van der Waals surface area contributed by atoms with Gasteiger partial charge in [-0.1, -0.05) is 19.3 Å². The average Bonchev–Trinajstić information content (AvgIpc) is 3.41. The number of amides is 1. The number of nitrogens with zero attached hydrogens (tertiary/aromatic N) is 4. The molecule has 0 spiro atoms. The lowest BCUT2D eigenvalue weighted by atomic mass is 9.95. The molecule has 1 fully saturated rings. The maximum atomic E-state index is 13.1. The molecule has 0 atom stereocenters. The van der Waals surface area contributed by atoms with Crippen molar-refractivity contribution in [1.29, 1.82) is 0 Å². The largest absolute Gasteiger partial charge is 0.385 e. The van der Waals surface area contributed by atoms with Gasteiger partial charge in [0.05, 0.1) is 23.1 Å². The first-order chi connectivity index (χ1) is 15.2. The van der Waals surface area contributed by atoms with Crippen molar-refractivity contribution < 1.29 is 9.53 Å². The van der Waals surface area contributed by atoms with Crippen molar-refractivity contribution in [3.63, 3.8) is 0 Å². The third kappa shape index (κ3) is 5.02. The molecule has 7 nitrogen and oxygen atoms in total. The van der Waals surface area contributed by atoms with E-state index in [-0.39, 0.29) is 11.9 Å². The van der Waals surface area contributed by atoms with Crippen LogP contribution >= 0.6 is 11.3 Å². The number of methoxy groups -OCH3 is 1. The quantitative estimate of drug-likeness (QED) is 0.524. The molecule has 1 amide bonds. The van der Waals surface area contributed by atoms with Crippen LogP contribution in [0.2, 0.25) is 0 Å². The number of carbonyl (C=O) groups is 1. The van der Waals surface area contributed by atoms with Crippen LogP contribution in [-0.2, 0) is 11.3 Å². The highest BCUT2D eigenvalue weighted by atomic mass is 32.1. The first-order valence-electron chi connectivity index (χ1n) is 10.9. The average molecular weight is 440 g/mol. The van der Waals surface area contributed by atoms with Crippen LogP contribution in [0.5, 0.6) is 0 Å². The molecule has 0 radical (unpaired) electrons. The Bertz CT molecular complexity index is 1010. The minimum atomic E-state index is 0.0144. The van der Waals surface area contributed by atoms with Gasteiger partial charge < -0.3 is 14.6 Å². The first kappa shape index (κ1) is 21.6. The first-order valence-corrected chi connectivity index (χ1v) is 11.8. The monoisotopic (exact) mass is 439 g/mol. The molecule has 0 bridgehead atoms. The Labute approximate surface area is 186 Å². The van der Waals surface area contributed by atoms with Gasteiger partial charge in [0.2, 0.25) is 0 Å². The summed E-state index contributed by atoms with van der Waals surface area (Å²) in [5.41, 5.74) is 4.25.